The van der Waals surface area contributed by atoms with Crippen molar-refractivity contribution in [1.29, 1.82) is 0 Å². The van der Waals surface area contributed by atoms with Crippen molar-refractivity contribution in [2.45, 2.75) is 51.4 Å². The van der Waals surface area contributed by atoms with Crippen LogP contribution in [0.25, 0.3) is 0 Å². The van der Waals surface area contributed by atoms with Crippen LogP contribution < -0.4 is 4.74 Å². The Morgan fingerprint density at radius 3 is 2.84 bits per heavy atom. The Kier molecular flexibility index (Phi) is 6.74. The van der Waals surface area contributed by atoms with E-state index in [2.05, 4.69) is 4.98 Å². The summed E-state index contributed by atoms with van der Waals surface area (Å²) in [5.41, 5.74) is 0.701. The molecule has 2 aromatic rings. The van der Waals surface area contributed by atoms with Gasteiger partial charge in [-0.15, -0.1) is 0 Å². The van der Waals surface area contributed by atoms with Crippen LogP contribution in [0.2, 0.25) is 0 Å². The number of fused-ring (bicyclic) bond motifs is 1. The summed E-state index contributed by atoms with van der Waals surface area (Å²) in [5.74, 6) is 0.568. The third-order valence-electron chi connectivity index (χ3n) is 4.82. The van der Waals surface area contributed by atoms with Crippen molar-refractivity contribution in [2.75, 3.05) is 13.1 Å². The minimum Gasteiger partial charge on any atom is -0.488 e. The van der Waals surface area contributed by atoms with Crippen molar-refractivity contribution in [3.63, 3.8) is 0 Å². The molecule has 31 heavy (non-hydrogen) atoms. The number of rotatable bonds is 6. The number of ether oxygens (including phenoxy) is 2. The summed E-state index contributed by atoms with van der Waals surface area (Å²) in [6.45, 7) is 5.57. The molecule has 1 amide bonds. The zero-order valence-electron chi connectivity index (χ0n) is 17.9. The average molecular weight is 429 g/mol. The second kappa shape index (κ2) is 9.30. The van der Waals surface area contributed by atoms with Crippen LogP contribution >= 0.6 is 0 Å². The van der Waals surface area contributed by atoms with Gasteiger partial charge in [0.25, 0.3) is 5.69 Å². The molecule has 0 radical (unpaired) electrons. The standard InChI is InChI=1S/C22H27N3O6/c1-22(2,3)31-21(27)24(14-19(26)16-5-4-10-23-12-16)13-18-8-6-15-11-17(25(28)29)7-9-20(15)30-18/h4-5,7,9-12,18-19,26H,6,8,13-14H2,1-3H3. The van der Waals surface area contributed by atoms with Crippen molar-refractivity contribution in [3.05, 3.63) is 64.0 Å². The normalized spacial score (nSPS) is 16.6. The van der Waals surface area contributed by atoms with Crippen LogP contribution in [0, 0.1) is 10.1 Å². The second-order valence-corrected chi connectivity index (χ2v) is 8.52. The summed E-state index contributed by atoms with van der Waals surface area (Å²) in [4.78, 5) is 28.8. The smallest absolute Gasteiger partial charge is 0.410 e. The molecular formula is C22H27N3O6. The number of benzene rings is 1. The van der Waals surface area contributed by atoms with Crippen LogP contribution in [0.3, 0.4) is 0 Å². The fourth-order valence-corrected chi connectivity index (χ4v) is 3.36. The Balaban J connectivity index is 1.73. The first-order valence-corrected chi connectivity index (χ1v) is 10.1. The number of nitrogens with zero attached hydrogens (tertiary/aromatic N) is 3. The minimum absolute atomic E-state index is 0.0214. The van der Waals surface area contributed by atoms with Gasteiger partial charge in [0.05, 0.1) is 24.1 Å². The summed E-state index contributed by atoms with van der Waals surface area (Å²) in [5, 5.41) is 21.6. The fraction of sp³-hybridized carbons (Fsp3) is 0.455. The molecule has 1 N–H and O–H groups in total. The van der Waals surface area contributed by atoms with Crippen LogP contribution in [0.1, 0.15) is 44.4 Å². The van der Waals surface area contributed by atoms with Crippen molar-refractivity contribution < 1.29 is 24.3 Å². The number of hydrogen-bond donors (Lipinski definition) is 1. The van der Waals surface area contributed by atoms with Gasteiger partial charge >= 0.3 is 6.09 Å². The summed E-state index contributed by atoms with van der Waals surface area (Å²) >= 11 is 0. The van der Waals surface area contributed by atoms with Gasteiger partial charge in [0.1, 0.15) is 17.5 Å². The first kappa shape index (κ1) is 22.5. The van der Waals surface area contributed by atoms with Gasteiger partial charge in [-0.25, -0.2) is 4.79 Å². The van der Waals surface area contributed by atoms with E-state index in [1.807, 2.05) is 0 Å². The molecule has 1 aromatic carbocycles. The van der Waals surface area contributed by atoms with E-state index in [1.165, 1.54) is 17.0 Å². The number of aliphatic hydroxyl groups is 1. The molecule has 0 spiro atoms. The minimum atomic E-state index is -0.931. The van der Waals surface area contributed by atoms with Gasteiger partial charge in [-0.3, -0.25) is 15.1 Å². The first-order chi connectivity index (χ1) is 14.6. The number of pyridine rings is 1. The monoisotopic (exact) mass is 429 g/mol. The van der Waals surface area contributed by atoms with Crippen LogP contribution in [-0.4, -0.2) is 50.8 Å². The van der Waals surface area contributed by atoms with Crippen molar-refractivity contribution in [1.82, 2.24) is 9.88 Å². The van der Waals surface area contributed by atoms with E-state index in [1.54, 1.807) is 51.4 Å². The van der Waals surface area contributed by atoms with E-state index in [4.69, 9.17) is 9.47 Å². The van der Waals surface area contributed by atoms with Gasteiger partial charge in [-0.1, -0.05) is 6.07 Å². The number of aromatic nitrogens is 1. The van der Waals surface area contributed by atoms with Gasteiger partial charge in [0.15, 0.2) is 0 Å². The predicted molar refractivity (Wildman–Crippen MR) is 113 cm³/mol. The zero-order valence-corrected chi connectivity index (χ0v) is 17.9. The molecule has 0 aliphatic carbocycles. The third kappa shape index (κ3) is 6.14. The number of carbonyl (C=O) groups is 1. The number of hydrogen-bond acceptors (Lipinski definition) is 7. The second-order valence-electron chi connectivity index (χ2n) is 8.52. The number of aryl methyl sites for hydroxylation is 1. The molecular weight excluding hydrogens is 402 g/mol. The van der Waals surface area contributed by atoms with E-state index in [0.717, 1.165) is 5.56 Å². The van der Waals surface area contributed by atoms with Gasteiger partial charge in [0, 0.05) is 35.7 Å². The van der Waals surface area contributed by atoms with Crippen LogP contribution in [0.15, 0.2) is 42.7 Å². The number of nitro benzene ring substituents is 1. The molecule has 9 nitrogen and oxygen atoms in total. The Labute approximate surface area is 180 Å². The van der Waals surface area contributed by atoms with Crippen LogP contribution in [-0.2, 0) is 11.2 Å². The Hall–Kier alpha value is -3.20. The molecule has 0 saturated heterocycles. The predicted octanol–water partition coefficient (Wildman–Crippen LogP) is 3.65. The Bertz CT molecular complexity index is 929. The van der Waals surface area contributed by atoms with Gasteiger partial charge in [0.2, 0.25) is 0 Å². The molecule has 9 heteroatoms. The zero-order chi connectivity index (χ0) is 22.6. The van der Waals surface area contributed by atoms with E-state index >= 15 is 0 Å². The number of carbonyl (C=O) groups excluding carboxylic acids is 1. The average Bonchev–Trinajstić information content (AvgIpc) is 2.72. The molecule has 1 aliphatic heterocycles. The number of nitro groups is 1. The maximum atomic E-state index is 12.8. The molecule has 2 unspecified atom stereocenters. The lowest BCUT2D eigenvalue weighted by molar-refractivity contribution is -0.385. The van der Waals surface area contributed by atoms with Crippen molar-refractivity contribution in [2.24, 2.45) is 0 Å². The highest BCUT2D eigenvalue weighted by Crippen LogP contribution is 2.31. The molecule has 2 heterocycles. The third-order valence-corrected chi connectivity index (χ3v) is 4.82. The maximum Gasteiger partial charge on any atom is 0.410 e. The SMILES string of the molecule is CC(C)(C)OC(=O)N(CC1CCc2cc([N+](=O)[O-])ccc2O1)CC(O)c1cccnc1. The Morgan fingerprint density at radius 2 is 2.19 bits per heavy atom. The lowest BCUT2D eigenvalue weighted by Crippen LogP contribution is -2.45. The molecule has 0 bridgehead atoms. The van der Waals surface area contributed by atoms with Crippen molar-refractivity contribution >= 4 is 11.8 Å². The quantitative estimate of drug-likeness (QED) is 0.550. The largest absolute Gasteiger partial charge is 0.488 e. The highest BCUT2D eigenvalue weighted by atomic mass is 16.6. The van der Waals surface area contributed by atoms with Crippen molar-refractivity contribution in [3.8, 4) is 5.75 Å². The lowest BCUT2D eigenvalue weighted by Gasteiger charge is -2.33. The molecule has 0 fully saturated rings. The molecule has 3 rings (SSSR count). The van der Waals surface area contributed by atoms with Gasteiger partial charge < -0.3 is 19.5 Å². The molecule has 1 aliphatic rings. The van der Waals surface area contributed by atoms with E-state index < -0.39 is 22.7 Å². The van der Waals surface area contributed by atoms with E-state index in [0.29, 0.717) is 24.2 Å². The van der Waals surface area contributed by atoms with Crippen LogP contribution in [0.4, 0.5) is 10.5 Å². The van der Waals surface area contributed by atoms with E-state index in [9.17, 15) is 20.0 Å². The summed E-state index contributed by atoms with van der Waals surface area (Å²) in [6.07, 6.45) is 2.53. The molecule has 2 atom stereocenters. The Morgan fingerprint density at radius 1 is 1.42 bits per heavy atom. The van der Waals surface area contributed by atoms with Crippen LogP contribution in [0.5, 0.6) is 5.75 Å². The number of non-ortho nitro benzene ring substituents is 1. The highest BCUT2D eigenvalue weighted by molar-refractivity contribution is 5.68. The van der Waals surface area contributed by atoms with Gasteiger partial charge in [-0.05, 0) is 45.7 Å². The molecule has 1 aromatic heterocycles. The van der Waals surface area contributed by atoms with Gasteiger partial charge in [-0.2, -0.15) is 0 Å². The summed E-state index contributed by atoms with van der Waals surface area (Å²) in [7, 11) is 0. The number of amides is 1. The number of aliphatic hydroxyl groups excluding tert-OH is 1. The van der Waals surface area contributed by atoms with E-state index in [-0.39, 0.29) is 24.9 Å². The summed E-state index contributed by atoms with van der Waals surface area (Å²) in [6, 6.07) is 7.96. The highest BCUT2D eigenvalue weighted by Gasteiger charge is 2.30. The molecule has 166 valence electrons. The molecule has 0 saturated carbocycles. The maximum absolute atomic E-state index is 12.8. The summed E-state index contributed by atoms with van der Waals surface area (Å²) < 4.78 is 11.5. The fourth-order valence-electron chi connectivity index (χ4n) is 3.36. The first-order valence-electron chi connectivity index (χ1n) is 10.1. The lowest BCUT2D eigenvalue weighted by atomic mass is 10.0. The topological polar surface area (TPSA) is 115 Å².